The quantitative estimate of drug-likeness (QED) is 0.164. The molecule has 0 saturated carbocycles. The summed E-state index contributed by atoms with van der Waals surface area (Å²) in [5.74, 6) is 0.646. The normalized spacial score (nSPS) is 25.1. The maximum Gasteiger partial charge on any atom is 0.264 e. The monoisotopic (exact) mass is 816 g/mol. The van der Waals surface area contributed by atoms with Gasteiger partial charge in [-0.3, -0.25) is 14.4 Å². The van der Waals surface area contributed by atoms with Crippen LogP contribution in [0.5, 0.6) is 11.5 Å². The molecule has 4 aliphatic rings. The Morgan fingerprint density at radius 2 is 1.71 bits per heavy atom. The third kappa shape index (κ3) is 7.45. The van der Waals surface area contributed by atoms with Gasteiger partial charge in [0.15, 0.2) is 5.60 Å². The van der Waals surface area contributed by atoms with Crippen LogP contribution in [0.2, 0.25) is 18.6 Å². The van der Waals surface area contributed by atoms with Crippen LogP contribution in [0.3, 0.4) is 0 Å². The summed E-state index contributed by atoms with van der Waals surface area (Å²) in [6.07, 6.45) is 1.85. The largest absolute Gasteiger partial charge is 0.497 e. The molecule has 11 nitrogen and oxygen atoms in total. The lowest BCUT2D eigenvalue weighted by Gasteiger charge is -2.39. The van der Waals surface area contributed by atoms with Gasteiger partial charge in [-0.15, -0.1) is 0 Å². The number of fused-ring (bicyclic) bond motifs is 3. The van der Waals surface area contributed by atoms with E-state index >= 15 is 4.79 Å². The molecule has 4 aromatic carbocycles. The Hall–Kier alpha value is -5.01. The maximum absolute atomic E-state index is 15.5. The number of nitrogens with zero attached hydrogens (tertiary/aromatic N) is 2. The summed E-state index contributed by atoms with van der Waals surface area (Å²) in [5.41, 5.74) is 3.65. The molecule has 1 spiro atoms. The molecule has 4 heterocycles. The van der Waals surface area contributed by atoms with E-state index in [0.29, 0.717) is 30.9 Å². The zero-order chi connectivity index (χ0) is 41.5. The van der Waals surface area contributed by atoms with Crippen molar-refractivity contribution in [3.63, 3.8) is 0 Å². The van der Waals surface area contributed by atoms with Crippen LogP contribution in [0.1, 0.15) is 48.4 Å². The van der Waals surface area contributed by atoms with Crippen molar-refractivity contribution >= 4 is 42.4 Å². The molecule has 6 atom stereocenters. The van der Waals surface area contributed by atoms with Gasteiger partial charge < -0.3 is 39.8 Å². The molecule has 4 aromatic rings. The van der Waals surface area contributed by atoms with E-state index in [2.05, 4.69) is 48.9 Å². The molecule has 1 unspecified atom stereocenters. The summed E-state index contributed by atoms with van der Waals surface area (Å²) in [4.78, 5) is 46.9. The number of aliphatic hydroxyl groups is 1. The van der Waals surface area contributed by atoms with Crippen molar-refractivity contribution in [1.29, 1.82) is 0 Å². The summed E-state index contributed by atoms with van der Waals surface area (Å²) in [5, 5.41) is 18.1. The summed E-state index contributed by atoms with van der Waals surface area (Å²) in [6.45, 7) is 8.81. The molecule has 2 saturated heterocycles. The second-order valence-corrected chi connectivity index (χ2v) is 21.9. The number of hydrogen-bond donors (Lipinski definition) is 3. The van der Waals surface area contributed by atoms with E-state index in [9.17, 15) is 14.7 Å². The van der Waals surface area contributed by atoms with Crippen LogP contribution in [0.15, 0.2) is 91.0 Å². The SMILES string of the molecule is COc1ccc([Si](C)(C)[C@@H]2[C@@H](CC(=O)N3Cc4ccccc4C[C@H]3CO)O[C@]3(C(=O)N(Cc4cccc(NC(=O)C5CCCNC5)c4)c4ccc(OC)cc43)[C@H]2C)cc1. The van der Waals surface area contributed by atoms with Gasteiger partial charge in [-0.25, -0.2) is 0 Å². The smallest absolute Gasteiger partial charge is 0.264 e. The van der Waals surface area contributed by atoms with Crippen molar-refractivity contribution < 1.29 is 33.7 Å². The van der Waals surface area contributed by atoms with Gasteiger partial charge >= 0.3 is 0 Å². The number of nitrogens with one attached hydrogen (secondary N) is 2. The van der Waals surface area contributed by atoms with Gasteiger partial charge in [0.1, 0.15) is 11.5 Å². The highest BCUT2D eigenvalue weighted by molar-refractivity contribution is 6.91. The molecule has 0 aliphatic carbocycles. The number of anilines is 2. The molecule has 4 aliphatic heterocycles. The van der Waals surface area contributed by atoms with E-state index in [4.69, 9.17) is 14.2 Å². The molecule has 0 radical (unpaired) electrons. The average molecular weight is 817 g/mol. The van der Waals surface area contributed by atoms with Crippen molar-refractivity contribution in [3.05, 3.63) is 113 Å². The summed E-state index contributed by atoms with van der Waals surface area (Å²) in [7, 11) is 0.711. The van der Waals surface area contributed by atoms with Crippen molar-refractivity contribution in [2.24, 2.45) is 11.8 Å². The Morgan fingerprint density at radius 3 is 2.42 bits per heavy atom. The van der Waals surface area contributed by atoms with Gasteiger partial charge in [0.2, 0.25) is 11.8 Å². The predicted molar refractivity (Wildman–Crippen MR) is 231 cm³/mol. The molecule has 0 aromatic heterocycles. The fourth-order valence-electron chi connectivity index (χ4n) is 10.4. The van der Waals surface area contributed by atoms with Crippen LogP contribution < -0.4 is 30.2 Å². The number of amides is 3. The fraction of sp³-hybridized carbons (Fsp3) is 0.426. The Kier molecular flexibility index (Phi) is 11.4. The average Bonchev–Trinajstić information content (AvgIpc) is 3.68. The third-order valence-electron chi connectivity index (χ3n) is 13.5. The second kappa shape index (κ2) is 16.6. The summed E-state index contributed by atoms with van der Waals surface area (Å²) in [6, 6.07) is 29.3. The third-order valence-corrected chi connectivity index (χ3v) is 17.9. The van der Waals surface area contributed by atoms with E-state index in [-0.39, 0.29) is 60.7 Å². The first kappa shape index (κ1) is 40.8. The summed E-state index contributed by atoms with van der Waals surface area (Å²) < 4.78 is 18.6. The van der Waals surface area contributed by atoms with Crippen LogP contribution in [0.25, 0.3) is 0 Å². The highest BCUT2D eigenvalue weighted by atomic mass is 28.3. The van der Waals surface area contributed by atoms with Crippen LogP contribution in [0, 0.1) is 11.8 Å². The highest BCUT2D eigenvalue weighted by Crippen LogP contribution is 2.60. The van der Waals surface area contributed by atoms with Crippen LogP contribution in [0.4, 0.5) is 11.4 Å². The van der Waals surface area contributed by atoms with Gasteiger partial charge in [0, 0.05) is 30.3 Å². The lowest BCUT2D eigenvalue weighted by atomic mass is 9.82. The first-order valence-corrected chi connectivity index (χ1v) is 24.0. The first-order valence-electron chi connectivity index (χ1n) is 20.9. The Bertz CT molecular complexity index is 2210. The van der Waals surface area contributed by atoms with Crippen molar-refractivity contribution in [1.82, 2.24) is 10.2 Å². The number of benzene rings is 4. The summed E-state index contributed by atoms with van der Waals surface area (Å²) >= 11 is 0. The number of carbonyl (C=O) groups excluding carboxylic acids is 3. The zero-order valence-electron chi connectivity index (χ0n) is 34.7. The number of piperidine rings is 1. The van der Waals surface area contributed by atoms with Gasteiger partial charge in [-0.1, -0.05) is 73.7 Å². The number of hydrogen-bond acceptors (Lipinski definition) is 8. The minimum absolute atomic E-state index is 0.00878. The molecule has 3 N–H and O–H groups in total. The lowest BCUT2D eigenvalue weighted by Crippen LogP contribution is -2.52. The van der Waals surface area contributed by atoms with Gasteiger partial charge in [0.25, 0.3) is 5.91 Å². The minimum atomic E-state index is -2.56. The molecular weight excluding hydrogens is 761 g/mol. The van der Waals surface area contributed by atoms with Crippen LogP contribution in [-0.2, 0) is 44.2 Å². The molecule has 59 heavy (non-hydrogen) atoms. The molecule has 8 rings (SSSR count). The van der Waals surface area contributed by atoms with E-state index in [0.717, 1.165) is 53.1 Å². The van der Waals surface area contributed by atoms with Gasteiger partial charge in [-0.2, -0.15) is 0 Å². The van der Waals surface area contributed by atoms with Crippen molar-refractivity contribution in [2.75, 3.05) is 44.1 Å². The molecule has 3 amide bonds. The number of methoxy groups -OCH3 is 2. The van der Waals surface area contributed by atoms with E-state index in [1.807, 2.05) is 72.8 Å². The van der Waals surface area contributed by atoms with Gasteiger partial charge in [0.05, 0.1) is 65.6 Å². The van der Waals surface area contributed by atoms with E-state index < -0.39 is 19.8 Å². The Labute approximate surface area is 348 Å². The highest BCUT2D eigenvalue weighted by Gasteiger charge is 2.66. The Balaban J connectivity index is 1.16. The fourth-order valence-corrected chi connectivity index (χ4v) is 14.4. The number of carbonyl (C=O) groups is 3. The lowest BCUT2D eigenvalue weighted by molar-refractivity contribution is -0.151. The van der Waals surface area contributed by atoms with Gasteiger partial charge in [-0.05, 0) is 90.5 Å². The molecule has 310 valence electrons. The minimum Gasteiger partial charge on any atom is -0.497 e. The van der Waals surface area contributed by atoms with Crippen molar-refractivity contribution in [2.45, 2.75) is 82.1 Å². The van der Waals surface area contributed by atoms with E-state index in [1.54, 1.807) is 24.0 Å². The number of aliphatic hydroxyl groups excluding tert-OH is 1. The number of rotatable bonds is 11. The molecule has 12 heteroatoms. The van der Waals surface area contributed by atoms with Crippen molar-refractivity contribution in [3.8, 4) is 11.5 Å². The van der Waals surface area contributed by atoms with Crippen LogP contribution in [-0.4, -0.2) is 81.9 Å². The van der Waals surface area contributed by atoms with Crippen LogP contribution >= 0.6 is 0 Å². The zero-order valence-corrected chi connectivity index (χ0v) is 35.7. The topological polar surface area (TPSA) is 130 Å². The maximum atomic E-state index is 15.5. The predicted octanol–water partition coefficient (Wildman–Crippen LogP) is 5.74. The molecule has 2 fully saturated rings. The Morgan fingerprint density at radius 1 is 0.966 bits per heavy atom. The van der Waals surface area contributed by atoms with E-state index in [1.165, 1.54) is 5.19 Å². The standard InChI is InChI=1S/C47H56N4O7Si/c1-30-44(59(4,5)39-18-15-37(56-2)16-19-39)42(25-43(53)50-28-34-12-7-6-11-32(34)23-36(50)29-52)58-47(30)40-24-38(57-3)17-20-41(40)51(46(47)55)27-31-10-8-14-35(22-31)49-45(54)33-13-9-21-48-26-33/h6-8,10-12,14-20,22,24,30,33,36,42,44,48,52H,9,13,21,23,25-29H2,1-5H3,(H,49,54)/t30-,33?,36-,42+,44-,47+/m0/s1. The molecule has 0 bridgehead atoms. The second-order valence-electron chi connectivity index (χ2n) is 17.2. The molecular formula is C47H56N4O7Si. The first-order chi connectivity index (χ1) is 28.5. The number of ether oxygens (including phenoxy) is 3.